The molecule has 0 aliphatic carbocycles. The lowest BCUT2D eigenvalue weighted by Gasteiger charge is -2.21. The van der Waals surface area contributed by atoms with E-state index in [0.717, 1.165) is 11.3 Å². The van der Waals surface area contributed by atoms with Gasteiger partial charge in [-0.1, -0.05) is 12.1 Å². The highest BCUT2D eigenvalue weighted by Gasteiger charge is 2.30. The van der Waals surface area contributed by atoms with Crippen LogP contribution in [0.15, 0.2) is 60.7 Å². The van der Waals surface area contributed by atoms with Gasteiger partial charge in [0.1, 0.15) is 0 Å². The third-order valence-electron chi connectivity index (χ3n) is 6.84. The number of benzene rings is 3. The average Bonchev–Trinajstić information content (AvgIpc) is 3.28. The second-order valence-electron chi connectivity index (χ2n) is 9.85. The van der Waals surface area contributed by atoms with Gasteiger partial charge < -0.3 is 25.3 Å². The van der Waals surface area contributed by atoms with E-state index in [1.807, 2.05) is 55.4 Å². The van der Waals surface area contributed by atoms with Crippen molar-refractivity contribution in [3.63, 3.8) is 0 Å². The van der Waals surface area contributed by atoms with Gasteiger partial charge in [-0.05, 0) is 50.5 Å². The molecule has 40 heavy (non-hydrogen) atoms. The molecule has 0 aromatic heterocycles. The molecule has 3 aromatic carbocycles. The molecule has 0 atom stereocenters. The molecule has 0 fully saturated rings. The van der Waals surface area contributed by atoms with Crippen LogP contribution in [0.2, 0.25) is 0 Å². The molecule has 5 rings (SSSR count). The van der Waals surface area contributed by atoms with Crippen molar-refractivity contribution < 1.29 is 24.3 Å². The maximum atomic E-state index is 13.3. The molecular weight excluding hydrogens is 514 g/mol. The van der Waals surface area contributed by atoms with E-state index in [4.69, 9.17) is 9.78 Å². The first-order chi connectivity index (χ1) is 19.2. The van der Waals surface area contributed by atoms with E-state index in [1.54, 1.807) is 24.1 Å². The Bertz CT molecular complexity index is 1520. The minimum absolute atomic E-state index is 0.00169. The summed E-state index contributed by atoms with van der Waals surface area (Å²) in [6.07, 6.45) is 1.10. The van der Waals surface area contributed by atoms with Crippen LogP contribution in [0.5, 0.6) is 5.75 Å². The first-order valence-electron chi connectivity index (χ1n) is 12.8. The molecule has 0 saturated heterocycles. The first kappa shape index (κ1) is 26.9. The third kappa shape index (κ3) is 5.51. The number of anilines is 3. The Morgan fingerprint density at radius 3 is 2.58 bits per heavy atom. The maximum absolute atomic E-state index is 13.3. The predicted octanol–water partition coefficient (Wildman–Crippen LogP) is 4.31. The van der Waals surface area contributed by atoms with E-state index in [1.165, 1.54) is 12.1 Å². The Balaban J connectivity index is 1.52. The number of carbonyl (C=O) groups is 2. The molecule has 0 spiro atoms. The monoisotopic (exact) mass is 543 g/mol. The Kier molecular flexibility index (Phi) is 7.50. The number of nitrogens with one attached hydrogen (secondary N) is 2. The molecule has 0 bridgehead atoms. The van der Waals surface area contributed by atoms with E-state index >= 15 is 0 Å². The predicted molar refractivity (Wildman–Crippen MR) is 152 cm³/mol. The van der Waals surface area contributed by atoms with E-state index in [-0.39, 0.29) is 11.6 Å². The van der Waals surface area contributed by atoms with Gasteiger partial charge in [0, 0.05) is 66.6 Å². The van der Waals surface area contributed by atoms with Crippen LogP contribution in [0.1, 0.15) is 23.1 Å². The van der Waals surface area contributed by atoms with Gasteiger partial charge in [0.05, 0.1) is 28.5 Å². The van der Waals surface area contributed by atoms with E-state index in [0.29, 0.717) is 65.5 Å². The lowest BCUT2D eigenvalue weighted by Crippen LogP contribution is -2.29. The summed E-state index contributed by atoms with van der Waals surface area (Å²) in [7, 11) is 5.58. The van der Waals surface area contributed by atoms with E-state index in [2.05, 4.69) is 10.6 Å². The Morgan fingerprint density at radius 1 is 1.07 bits per heavy atom. The largest absolute Gasteiger partial charge is 0.354 e. The zero-order chi connectivity index (χ0) is 28.4. The number of hydrogen-bond acceptors (Lipinski definition) is 8. The van der Waals surface area contributed by atoms with E-state index in [9.17, 15) is 19.7 Å². The number of nitro groups is 1. The number of hydrogen-bond donors (Lipinski definition) is 2. The van der Waals surface area contributed by atoms with Crippen molar-refractivity contribution in [2.75, 3.05) is 49.8 Å². The molecule has 2 amide bonds. The molecule has 0 saturated carbocycles. The van der Waals surface area contributed by atoms with Crippen LogP contribution in [0.4, 0.5) is 22.7 Å². The third-order valence-corrected chi connectivity index (χ3v) is 6.84. The molecule has 2 heterocycles. The zero-order valence-corrected chi connectivity index (χ0v) is 22.4. The van der Waals surface area contributed by atoms with Crippen molar-refractivity contribution in [1.82, 2.24) is 4.90 Å². The Labute approximate surface area is 231 Å². The number of nitro benzene ring substituents is 1. The number of carbonyl (C=O) groups excluding carboxylic acids is 2. The van der Waals surface area contributed by atoms with Crippen LogP contribution in [0, 0.1) is 10.1 Å². The minimum atomic E-state index is -0.502. The molecule has 0 radical (unpaired) electrons. The average molecular weight is 544 g/mol. The molecule has 3 aromatic rings. The highest BCUT2D eigenvalue weighted by Crippen LogP contribution is 2.40. The number of non-ortho nitro benzene ring substituents is 1. The van der Waals surface area contributed by atoms with Gasteiger partial charge in [-0.15, -0.1) is 0 Å². The normalized spacial score (nSPS) is 15.1. The molecular formula is C29H29N5O6. The highest BCUT2D eigenvalue weighted by atomic mass is 17.2. The molecule has 11 nitrogen and oxygen atoms in total. The van der Waals surface area contributed by atoms with Crippen LogP contribution in [0.3, 0.4) is 0 Å². The van der Waals surface area contributed by atoms with Crippen molar-refractivity contribution in [3.8, 4) is 5.75 Å². The molecule has 2 aliphatic rings. The lowest BCUT2D eigenvalue weighted by molar-refractivity contribution is -0.384. The fourth-order valence-electron chi connectivity index (χ4n) is 4.60. The Hall–Kier alpha value is -4.74. The molecule has 206 valence electrons. The summed E-state index contributed by atoms with van der Waals surface area (Å²) in [5.41, 5.74) is 4.67. The summed E-state index contributed by atoms with van der Waals surface area (Å²) in [6.45, 7) is 1.10. The zero-order valence-electron chi connectivity index (χ0n) is 22.4. The summed E-state index contributed by atoms with van der Waals surface area (Å²) in [5, 5.41) is 17.4. The summed E-state index contributed by atoms with van der Waals surface area (Å²) in [4.78, 5) is 50.7. The van der Waals surface area contributed by atoms with Crippen LogP contribution in [-0.2, 0) is 20.9 Å². The standard InChI is InChI=1S/C29H29N5O6/c1-32(2)14-12-26(35)33(3)21-8-6-20(7-9-21)30-28(19-5-4-18-13-15-39-40-25(18)16-19)27-23-11-10-22(34(37)38)17-24(23)31-29(27)36/h4-11,16-17,30H,12-15H2,1-3H3,(H,31,36)/b28-27-. The van der Waals surface area contributed by atoms with Gasteiger partial charge in [-0.3, -0.25) is 19.7 Å². The van der Waals surface area contributed by atoms with Gasteiger partial charge in [0.15, 0.2) is 5.75 Å². The number of fused-ring (bicyclic) bond motifs is 2. The van der Waals surface area contributed by atoms with Crippen LogP contribution < -0.4 is 20.4 Å². The second kappa shape index (κ2) is 11.2. The van der Waals surface area contributed by atoms with Crippen molar-refractivity contribution in [2.45, 2.75) is 12.8 Å². The quantitative estimate of drug-likeness (QED) is 0.186. The van der Waals surface area contributed by atoms with E-state index < -0.39 is 10.8 Å². The number of amides is 2. The lowest BCUT2D eigenvalue weighted by atomic mass is 9.98. The SMILES string of the molecule is CN(C)CCC(=O)N(C)c1ccc(N/C(=C2\C(=O)Nc3cc([N+](=O)[O-])ccc32)c2ccc3c(c2)OOCC3)cc1. The summed E-state index contributed by atoms with van der Waals surface area (Å²) >= 11 is 0. The summed E-state index contributed by atoms with van der Waals surface area (Å²) < 4.78 is 0. The van der Waals surface area contributed by atoms with Crippen LogP contribution in [-0.4, -0.2) is 55.9 Å². The smallest absolute Gasteiger partial charge is 0.271 e. The summed E-state index contributed by atoms with van der Waals surface area (Å²) in [6, 6.07) is 17.2. The number of nitrogens with zero attached hydrogens (tertiary/aromatic N) is 3. The summed E-state index contributed by atoms with van der Waals surface area (Å²) in [5.74, 6) is 0.164. The van der Waals surface area contributed by atoms with Gasteiger partial charge in [0.2, 0.25) is 5.91 Å². The topological polar surface area (TPSA) is 126 Å². The minimum Gasteiger partial charge on any atom is -0.354 e. The number of rotatable bonds is 8. The van der Waals surface area contributed by atoms with Gasteiger partial charge in [0.25, 0.3) is 11.6 Å². The second-order valence-corrected chi connectivity index (χ2v) is 9.85. The van der Waals surface area contributed by atoms with Crippen LogP contribution in [0.25, 0.3) is 11.3 Å². The fraction of sp³-hybridized carbons (Fsp3) is 0.241. The fourth-order valence-corrected chi connectivity index (χ4v) is 4.60. The van der Waals surface area contributed by atoms with Crippen molar-refractivity contribution >= 4 is 45.8 Å². The molecule has 2 N–H and O–H groups in total. The van der Waals surface area contributed by atoms with Crippen molar-refractivity contribution in [3.05, 3.63) is 87.5 Å². The molecule has 11 heteroatoms. The van der Waals surface area contributed by atoms with Crippen molar-refractivity contribution in [2.24, 2.45) is 0 Å². The maximum Gasteiger partial charge on any atom is 0.271 e. The van der Waals surface area contributed by atoms with Crippen LogP contribution >= 0.6 is 0 Å². The van der Waals surface area contributed by atoms with Crippen molar-refractivity contribution in [1.29, 1.82) is 0 Å². The highest BCUT2D eigenvalue weighted by molar-refractivity contribution is 6.37. The Morgan fingerprint density at radius 2 is 1.85 bits per heavy atom. The van der Waals surface area contributed by atoms with Gasteiger partial charge in [-0.25, -0.2) is 0 Å². The van der Waals surface area contributed by atoms with Gasteiger partial charge >= 0.3 is 0 Å². The first-order valence-corrected chi connectivity index (χ1v) is 12.8. The molecule has 0 unspecified atom stereocenters. The molecule has 2 aliphatic heterocycles. The van der Waals surface area contributed by atoms with Gasteiger partial charge in [-0.2, -0.15) is 4.89 Å².